The monoisotopic (exact) mass is 222 g/mol. The fraction of sp³-hybridized carbons (Fsp3) is 1.00. The molecule has 0 bridgehead atoms. The minimum atomic E-state index is 0.641. The van der Waals surface area contributed by atoms with E-state index in [1.165, 1.54) is 44.9 Å². The van der Waals surface area contributed by atoms with Gasteiger partial charge in [-0.3, -0.25) is 11.3 Å². The zero-order chi connectivity index (χ0) is 11.1. The van der Waals surface area contributed by atoms with E-state index in [-0.39, 0.29) is 0 Å². The van der Waals surface area contributed by atoms with Crippen LogP contribution in [0.25, 0.3) is 0 Å². The van der Waals surface area contributed by atoms with Crippen molar-refractivity contribution in [2.45, 2.75) is 57.9 Å². The highest BCUT2D eigenvalue weighted by Crippen LogP contribution is 2.60. The summed E-state index contributed by atoms with van der Waals surface area (Å²) in [6, 6.07) is 0.641. The second kappa shape index (κ2) is 4.30. The zero-order valence-corrected chi connectivity index (χ0v) is 10.5. The topological polar surface area (TPSA) is 38.0 Å². The number of rotatable bonds is 3. The van der Waals surface area contributed by atoms with Crippen LogP contribution in [0.1, 0.15) is 51.9 Å². The van der Waals surface area contributed by atoms with E-state index in [1.54, 1.807) is 0 Å². The summed E-state index contributed by atoms with van der Waals surface area (Å²) in [6.07, 6.45) is 10.1. The van der Waals surface area contributed by atoms with Crippen LogP contribution in [0.4, 0.5) is 0 Å². The van der Waals surface area contributed by atoms with E-state index in [4.69, 9.17) is 5.84 Å². The van der Waals surface area contributed by atoms with E-state index in [9.17, 15) is 0 Å². The first kappa shape index (κ1) is 11.0. The summed E-state index contributed by atoms with van der Waals surface area (Å²) in [5.74, 6) is 10.7. The molecule has 3 fully saturated rings. The Bertz CT molecular complexity index is 235. The van der Waals surface area contributed by atoms with Crippen LogP contribution in [0.2, 0.25) is 0 Å². The molecule has 0 aliphatic heterocycles. The summed E-state index contributed by atoms with van der Waals surface area (Å²) >= 11 is 0. The van der Waals surface area contributed by atoms with Gasteiger partial charge in [-0.2, -0.15) is 0 Å². The molecule has 3 atom stereocenters. The van der Waals surface area contributed by atoms with Crippen molar-refractivity contribution in [2.75, 3.05) is 0 Å². The van der Waals surface area contributed by atoms with Crippen LogP contribution < -0.4 is 11.3 Å². The first-order valence-corrected chi connectivity index (χ1v) is 7.27. The lowest BCUT2D eigenvalue weighted by atomic mass is 9.77. The molecule has 92 valence electrons. The summed E-state index contributed by atoms with van der Waals surface area (Å²) in [4.78, 5) is 0. The molecule has 0 aromatic heterocycles. The molecular weight excluding hydrogens is 196 g/mol. The molecule has 0 saturated heterocycles. The van der Waals surface area contributed by atoms with Gasteiger partial charge < -0.3 is 0 Å². The molecular formula is C14H26N2. The maximum absolute atomic E-state index is 5.83. The highest BCUT2D eigenvalue weighted by molar-refractivity contribution is 5.07. The summed E-state index contributed by atoms with van der Waals surface area (Å²) in [5.41, 5.74) is 3.18. The van der Waals surface area contributed by atoms with E-state index in [1.807, 2.05) is 0 Å². The predicted octanol–water partition coefficient (Wildman–Crippen LogP) is 2.69. The van der Waals surface area contributed by atoms with Crippen molar-refractivity contribution in [3.63, 3.8) is 0 Å². The average molecular weight is 222 g/mol. The van der Waals surface area contributed by atoms with Crippen LogP contribution in [0.3, 0.4) is 0 Å². The average Bonchev–Trinajstić information content (AvgIpc) is 2.76. The Morgan fingerprint density at radius 1 is 1.00 bits per heavy atom. The molecule has 3 unspecified atom stereocenters. The van der Waals surface area contributed by atoms with E-state index >= 15 is 0 Å². The lowest BCUT2D eigenvalue weighted by Gasteiger charge is -2.33. The van der Waals surface area contributed by atoms with Gasteiger partial charge in [0.1, 0.15) is 0 Å². The predicted molar refractivity (Wildman–Crippen MR) is 66.6 cm³/mol. The summed E-state index contributed by atoms with van der Waals surface area (Å²) < 4.78 is 0. The van der Waals surface area contributed by atoms with Gasteiger partial charge >= 0.3 is 0 Å². The Morgan fingerprint density at radius 3 is 2.19 bits per heavy atom. The van der Waals surface area contributed by atoms with Crippen molar-refractivity contribution < 1.29 is 0 Å². The molecule has 0 spiro atoms. The smallest absolute Gasteiger partial charge is 0.0272 e. The van der Waals surface area contributed by atoms with Crippen LogP contribution in [0, 0.1) is 29.6 Å². The van der Waals surface area contributed by atoms with Gasteiger partial charge in [0.15, 0.2) is 0 Å². The van der Waals surface area contributed by atoms with Crippen LogP contribution >= 0.6 is 0 Å². The van der Waals surface area contributed by atoms with Gasteiger partial charge in [-0.25, -0.2) is 0 Å². The highest BCUT2D eigenvalue weighted by atomic mass is 15.2. The maximum Gasteiger partial charge on any atom is 0.0272 e. The Balaban J connectivity index is 1.59. The number of hydrogen-bond acceptors (Lipinski definition) is 2. The lowest BCUT2D eigenvalue weighted by Crippen LogP contribution is -2.44. The van der Waals surface area contributed by atoms with Crippen molar-refractivity contribution in [1.29, 1.82) is 0 Å². The van der Waals surface area contributed by atoms with Crippen LogP contribution in [0.15, 0.2) is 0 Å². The number of nitrogens with one attached hydrogen (secondary N) is 1. The number of fused-ring (bicyclic) bond motifs is 1. The van der Waals surface area contributed by atoms with Gasteiger partial charge in [0, 0.05) is 6.04 Å². The fourth-order valence-corrected chi connectivity index (χ4v) is 4.62. The summed E-state index contributed by atoms with van der Waals surface area (Å²) in [7, 11) is 0. The molecule has 0 aromatic rings. The van der Waals surface area contributed by atoms with E-state index < -0.39 is 0 Å². The molecule has 0 heterocycles. The van der Waals surface area contributed by atoms with Gasteiger partial charge in [0.2, 0.25) is 0 Å². The molecule has 0 aromatic carbocycles. The third-order valence-electron chi connectivity index (χ3n) is 5.65. The number of nitrogens with two attached hydrogens (primary N) is 1. The summed E-state index contributed by atoms with van der Waals surface area (Å²) in [5, 5.41) is 0. The van der Waals surface area contributed by atoms with E-state index in [2.05, 4.69) is 12.3 Å². The molecule has 2 heteroatoms. The SMILES string of the molecule is CC1CCC(C(NN)C2C3CCCC32)CC1. The molecule has 3 rings (SSSR count). The zero-order valence-electron chi connectivity index (χ0n) is 10.5. The second-order valence-corrected chi connectivity index (χ2v) is 6.55. The largest absolute Gasteiger partial charge is 0.271 e. The molecule has 0 radical (unpaired) electrons. The normalized spacial score (nSPS) is 48.8. The lowest BCUT2D eigenvalue weighted by molar-refractivity contribution is 0.203. The number of hydrogen-bond donors (Lipinski definition) is 2. The van der Waals surface area contributed by atoms with E-state index in [0.29, 0.717) is 6.04 Å². The van der Waals surface area contributed by atoms with Gasteiger partial charge in [-0.15, -0.1) is 0 Å². The third kappa shape index (κ3) is 1.80. The molecule has 2 nitrogen and oxygen atoms in total. The Kier molecular flexibility index (Phi) is 2.97. The van der Waals surface area contributed by atoms with Gasteiger partial charge in [-0.1, -0.05) is 26.2 Å². The Labute approximate surface area is 99.3 Å². The molecule has 16 heavy (non-hydrogen) atoms. The molecule has 3 aliphatic rings. The van der Waals surface area contributed by atoms with Crippen molar-refractivity contribution in [2.24, 2.45) is 35.4 Å². The first-order valence-electron chi connectivity index (χ1n) is 7.27. The van der Waals surface area contributed by atoms with Gasteiger partial charge in [-0.05, 0) is 55.3 Å². The van der Waals surface area contributed by atoms with Crippen LogP contribution in [-0.2, 0) is 0 Å². The van der Waals surface area contributed by atoms with Crippen molar-refractivity contribution in [3.8, 4) is 0 Å². The van der Waals surface area contributed by atoms with Crippen molar-refractivity contribution >= 4 is 0 Å². The maximum atomic E-state index is 5.83. The third-order valence-corrected chi connectivity index (χ3v) is 5.65. The van der Waals surface area contributed by atoms with Crippen molar-refractivity contribution in [3.05, 3.63) is 0 Å². The van der Waals surface area contributed by atoms with E-state index in [0.717, 1.165) is 29.6 Å². The first-order chi connectivity index (χ1) is 7.81. The highest BCUT2D eigenvalue weighted by Gasteiger charge is 2.56. The fourth-order valence-electron chi connectivity index (χ4n) is 4.62. The minimum absolute atomic E-state index is 0.641. The van der Waals surface area contributed by atoms with Crippen LogP contribution in [-0.4, -0.2) is 6.04 Å². The Hall–Kier alpha value is -0.0800. The summed E-state index contributed by atoms with van der Waals surface area (Å²) in [6.45, 7) is 2.40. The Morgan fingerprint density at radius 2 is 1.62 bits per heavy atom. The minimum Gasteiger partial charge on any atom is -0.271 e. The molecule has 3 aliphatic carbocycles. The number of hydrazine groups is 1. The molecule has 3 N–H and O–H groups in total. The molecule has 3 saturated carbocycles. The van der Waals surface area contributed by atoms with Gasteiger partial charge in [0.25, 0.3) is 0 Å². The quantitative estimate of drug-likeness (QED) is 0.569. The molecule has 0 amide bonds. The van der Waals surface area contributed by atoms with Gasteiger partial charge in [0.05, 0.1) is 0 Å². The second-order valence-electron chi connectivity index (χ2n) is 6.55. The van der Waals surface area contributed by atoms with Crippen molar-refractivity contribution in [1.82, 2.24) is 5.43 Å². The standard InChI is InChI=1S/C14H26N2/c1-9-5-7-10(8-6-9)14(16-15)13-11-3-2-4-12(11)13/h9-14,16H,2-8,15H2,1H3. The van der Waals surface area contributed by atoms with Crippen LogP contribution in [0.5, 0.6) is 0 Å².